The lowest BCUT2D eigenvalue weighted by atomic mass is 10.3. The van der Waals surface area contributed by atoms with Crippen LogP contribution in [-0.2, 0) is 0 Å². The van der Waals surface area contributed by atoms with Gasteiger partial charge < -0.3 is 9.47 Å². The molecule has 1 aliphatic heterocycles. The monoisotopic (exact) mass is 390 g/mol. The Morgan fingerprint density at radius 1 is 1.07 bits per heavy atom. The van der Waals surface area contributed by atoms with Gasteiger partial charge in [0, 0.05) is 6.20 Å². The summed E-state index contributed by atoms with van der Waals surface area (Å²) in [7, 11) is 0. The summed E-state index contributed by atoms with van der Waals surface area (Å²) in [6.45, 7) is 2.37. The van der Waals surface area contributed by atoms with Crippen molar-refractivity contribution in [2.75, 3.05) is 6.61 Å². The molecule has 5 heterocycles. The van der Waals surface area contributed by atoms with Gasteiger partial charge in [-0.1, -0.05) is 29.5 Å². The second-order valence-corrected chi connectivity index (χ2v) is 7.48. The Kier molecular flexibility index (Phi) is 3.21. The Bertz CT molecular complexity index is 1340. The number of hydrogen-bond acceptors (Lipinski definition) is 7. The maximum Gasteiger partial charge on any atom is 0.235 e. The van der Waals surface area contributed by atoms with Gasteiger partial charge in [-0.25, -0.2) is 4.98 Å². The number of ether oxygens (including phenoxy) is 2. The molecule has 28 heavy (non-hydrogen) atoms. The van der Waals surface area contributed by atoms with Crippen molar-refractivity contribution in [2.45, 2.75) is 13.0 Å². The van der Waals surface area contributed by atoms with Crippen LogP contribution >= 0.6 is 11.3 Å². The van der Waals surface area contributed by atoms with Crippen LogP contribution in [0.5, 0.6) is 11.5 Å². The van der Waals surface area contributed by atoms with Crippen LogP contribution in [0, 0.1) is 6.92 Å². The van der Waals surface area contributed by atoms with E-state index in [1.165, 1.54) is 11.3 Å². The number of imidazole rings is 1. The molecule has 0 radical (unpaired) electrons. The van der Waals surface area contributed by atoms with Crippen molar-refractivity contribution in [2.24, 2.45) is 0 Å². The summed E-state index contributed by atoms with van der Waals surface area (Å²) in [6.07, 6.45) is 1.69. The van der Waals surface area contributed by atoms with Crippen molar-refractivity contribution in [1.29, 1.82) is 0 Å². The third kappa shape index (κ3) is 2.23. The molecule has 4 aromatic heterocycles. The molecule has 0 fully saturated rings. The molecule has 1 atom stereocenters. The van der Waals surface area contributed by atoms with Gasteiger partial charge >= 0.3 is 0 Å². The van der Waals surface area contributed by atoms with Crippen LogP contribution in [0.25, 0.3) is 22.1 Å². The SMILES string of the molecule is Cc1nc2ccccn2c1-c1nnc2sc([C@H]3COc4ccccc4O3)nn12. The van der Waals surface area contributed by atoms with Gasteiger partial charge in [-0.3, -0.25) is 4.40 Å². The van der Waals surface area contributed by atoms with E-state index in [2.05, 4.69) is 15.2 Å². The molecule has 5 aromatic rings. The molecule has 1 aliphatic rings. The van der Waals surface area contributed by atoms with Crippen LogP contribution in [-0.4, -0.2) is 35.8 Å². The Morgan fingerprint density at radius 3 is 2.86 bits per heavy atom. The number of rotatable bonds is 2. The fraction of sp³-hybridized carbons (Fsp3) is 0.158. The number of hydrogen-bond donors (Lipinski definition) is 0. The van der Waals surface area contributed by atoms with E-state index in [0.717, 1.165) is 33.5 Å². The molecule has 8 nitrogen and oxygen atoms in total. The van der Waals surface area contributed by atoms with Crippen molar-refractivity contribution in [1.82, 2.24) is 29.2 Å². The van der Waals surface area contributed by atoms with Crippen LogP contribution in [0.2, 0.25) is 0 Å². The van der Waals surface area contributed by atoms with Crippen LogP contribution in [0.15, 0.2) is 48.7 Å². The molecule has 0 aliphatic carbocycles. The van der Waals surface area contributed by atoms with Gasteiger partial charge in [0.05, 0.1) is 5.69 Å². The maximum atomic E-state index is 6.09. The third-order valence-electron chi connectivity index (χ3n) is 4.71. The molecule has 138 valence electrons. The zero-order valence-corrected chi connectivity index (χ0v) is 15.6. The summed E-state index contributed by atoms with van der Waals surface area (Å²) in [5.74, 6) is 2.14. The minimum Gasteiger partial charge on any atom is -0.485 e. The van der Waals surface area contributed by atoms with E-state index >= 15 is 0 Å². The van der Waals surface area contributed by atoms with E-state index in [1.54, 1.807) is 4.52 Å². The lowest BCUT2D eigenvalue weighted by Gasteiger charge is -2.24. The number of benzene rings is 1. The number of fused-ring (bicyclic) bond motifs is 3. The lowest BCUT2D eigenvalue weighted by molar-refractivity contribution is 0.0904. The zero-order chi connectivity index (χ0) is 18.7. The number of pyridine rings is 1. The van der Waals surface area contributed by atoms with Crippen molar-refractivity contribution >= 4 is 21.9 Å². The first-order valence-corrected chi connectivity index (χ1v) is 9.64. The highest BCUT2D eigenvalue weighted by atomic mass is 32.1. The van der Waals surface area contributed by atoms with Gasteiger partial charge in [0.15, 0.2) is 22.6 Å². The van der Waals surface area contributed by atoms with Gasteiger partial charge in [0.2, 0.25) is 10.8 Å². The van der Waals surface area contributed by atoms with Crippen LogP contribution < -0.4 is 9.47 Å². The number of para-hydroxylation sites is 2. The van der Waals surface area contributed by atoms with E-state index in [4.69, 9.17) is 14.6 Å². The highest BCUT2D eigenvalue weighted by Crippen LogP contribution is 2.37. The summed E-state index contributed by atoms with van der Waals surface area (Å²) in [5, 5.41) is 14.2. The fourth-order valence-corrected chi connectivity index (χ4v) is 4.29. The molecular weight excluding hydrogens is 376 g/mol. The summed E-state index contributed by atoms with van der Waals surface area (Å²) in [5.41, 5.74) is 2.62. The van der Waals surface area contributed by atoms with Crippen LogP contribution in [0.1, 0.15) is 16.8 Å². The first-order chi connectivity index (χ1) is 13.8. The summed E-state index contributed by atoms with van der Waals surface area (Å²) < 4.78 is 15.7. The maximum absolute atomic E-state index is 6.09. The molecule has 0 saturated heterocycles. The van der Waals surface area contributed by atoms with E-state index in [1.807, 2.05) is 60.0 Å². The minimum absolute atomic E-state index is 0.280. The molecule has 0 bridgehead atoms. The standard InChI is InChI=1S/C19H14N6O2S/c1-11-16(24-9-5-4-8-15(24)20-11)17-21-22-19-25(17)23-18(28-19)14-10-26-12-6-2-3-7-13(12)27-14/h2-9,14H,10H2,1H3/t14-/m1/s1. The molecule has 0 unspecified atom stereocenters. The predicted octanol–water partition coefficient (Wildman–Crippen LogP) is 3.32. The number of aromatic nitrogens is 6. The Labute approximate surface area is 163 Å². The number of aryl methyl sites for hydroxylation is 1. The van der Waals surface area contributed by atoms with E-state index in [0.29, 0.717) is 17.4 Å². The van der Waals surface area contributed by atoms with Gasteiger partial charge in [-0.15, -0.1) is 10.2 Å². The van der Waals surface area contributed by atoms with Crippen LogP contribution in [0.3, 0.4) is 0 Å². The molecule has 0 N–H and O–H groups in total. The quantitative estimate of drug-likeness (QED) is 0.460. The molecule has 0 saturated carbocycles. The molecule has 0 spiro atoms. The predicted molar refractivity (Wildman–Crippen MR) is 103 cm³/mol. The first-order valence-electron chi connectivity index (χ1n) is 8.82. The molecular formula is C19H14N6O2S. The van der Waals surface area contributed by atoms with Gasteiger partial charge in [0.1, 0.15) is 17.9 Å². The highest BCUT2D eigenvalue weighted by Gasteiger charge is 2.27. The Morgan fingerprint density at radius 2 is 1.93 bits per heavy atom. The summed E-state index contributed by atoms with van der Waals surface area (Å²) in [4.78, 5) is 5.32. The van der Waals surface area contributed by atoms with E-state index in [-0.39, 0.29) is 6.10 Å². The van der Waals surface area contributed by atoms with Crippen LogP contribution in [0.4, 0.5) is 0 Å². The minimum atomic E-state index is -0.280. The van der Waals surface area contributed by atoms with E-state index in [9.17, 15) is 0 Å². The fourth-order valence-electron chi connectivity index (χ4n) is 3.43. The highest BCUT2D eigenvalue weighted by molar-refractivity contribution is 7.16. The topological polar surface area (TPSA) is 78.8 Å². The smallest absolute Gasteiger partial charge is 0.235 e. The molecule has 1 aromatic carbocycles. The molecule has 6 rings (SSSR count). The van der Waals surface area contributed by atoms with E-state index < -0.39 is 0 Å². The van der Waals surface area contributed by atoms with Crippen molar-refractivity contribution in [3.05, 3.63) is 59.4 Å². The normalized spacial score (nSPS) is 16.1. The second-order valence-electron chi connectivity index (χ2n) is 6.50. The summed E-state index contributed by atoms with van der Waals surface area (Å²) >= 11 is 1.45. The van der Waals surface area contributed by atoms with Gasteiger partial charge in [-0.2, -0.15) is 9.61 Å². The van der Waals surface area contributed by atoms with Crippen molar-refractivity contribution < 1.29 is 9.47 Å². The van der Waals surface area contributed by atoms with Gasteiger partial charge in [-0.05, 0) is 31.2 Å². The summed E-state index contributed by atoms with van der Waals surface area (Å²) in [6, 6.07) is 13.5. The molecule has 9 heteroatoms. The third-order valence-corrected chi connectivity index (χ3v) is 5.70. The zero-order valence-electron chi connectivity index (χ0n) is 14.8. The lowest BCUT2D eigenvalue weighted by Crippen LogP contribution is -2.21. The number of nitrogens with zero attached hydrogens (tertiary/aromatic N) is 6. The van der Waals surface area contributed by atoms with Crippen molar-refractivity contribution in [3.8, 4) is 23.0 Å². The molecule has 0 amide bonds. The average Bonchev–Trinajstić information content (AvgIpc) is 3.39. The second kappa shape index (κ2) is 5.77. The first kappa shape index (κ1) is 15.6. The Balaban J connectivity index is 1.44. The Hall–Kier alpha value is -3.46. The van der Waals surface area contributed by atoms with Gasteiger partial charge in [0.25, 0.3) is 0 Å². The average molecular weight is 390 g/mol. The van der Waals surface area contributed by atoms with Crippen molar-refractivity contribution in [3.63, 3.8) is 0 Å². The largest absolute Gasteiger partial charge is 0.485 e.